The van der Waals surface area contributed by atoms with Gasteiger partial charge in [0.2, 0.25) is 0 Å². The van der Waals surface area contributed by atoms with Crippen LogP contribution in [0.25, 0.3) is 10.9 Å². The summed E-state index contributed by atoms with van der Waals surface area (Å²) in [6, 6.07) is 8.00. The Morgan fingerprint density at radius 3 is 2.85 bits per heavy atom. The Hall–Kier alpha value is -1.94. The maximum Gasteiger partial charge on any atom is 0.0865 e. The predicted octanol–water partition coefficient (Wildman–Crippen LogP) is 3.45. The van der Waals surface area contributed by atoms with E-state index in [0.717, 1.165) is 39.5 Å². The molecule has 0 bridgehead atoms. The zero-order valence-electron chi connectivity index (χ0n) is 11.6. The molecule has 20 heavy (non-hydrogen) atoms. The zero-order chi connectivity index (χ0) is 14.3. The van der Waals surface area contributed by atoms with Gasteiger partial charge in [0.1, 0.15) is 0 Å². The van der Waals surface area contributed by atoms with Crippen LogP contribution >= 0.6 is 11.6 Å². The van der Waals surface area contributed by atoms with Crippen molar-refractivity contribution >= 4 is 28.2 Å². The molecule has 0 aliphatic heterocycles. The van der Waals surface area contributed by atoms with E-state index in [1.54, 1.807) is 0 Å². The van der Waals surface area contributed by atoms with E-state index < -0.39 is 0 Å². The number of benzene rings is 1. The van der Waals surface area contributed by atoms with Gasteiger partial charge in [-0.1, -0.05) is 17.7 Å². The summed E-state index contributed by atoms with van der Waals surface area (Å²) in [4.78, 5) is 0. The lowest BCUT2D eigenvalue weighted by molar-refractivity contribution is 0.602. The van der Waals surface area contributed by atoms with Crippen molar-refractivity contribution < 1.29 is 0 Å². The summed E-state index contributed by atoms with van der Waals surface area (Å²) < 4.78 is 4.11. The molecule has 2 N–H and O–H groups in total. The van der Waals surface area contributed by atoms with Gasteiger partial charge < -0.3 is 10.3 Å². The number of halogens is 1. The summed E-state index contributed by atoms with van der Waals surface area (Å²) in [5.41, 5.74) is 9.82. The number of aromatic nitrogens is 3. The number of nitrogen functional groups attached to an aromatic ring is 1. The number of aryl methyl sites for hydroxylation is 2. The van der Waals surface area contributed by atoms with Crippen LogP contribution in [0.1, 0.15) is 18.3 Å². The Kier molecular flexibility index (Phi) is 3.18. The average molecular weight is 289 g/mol. The standard InChI is InChI=1S/C15H17ClN4/c1-3-20-14(15(16)10(2)18-20)9-19-8-7-11-12(17)5-4-6-13(11)19/h4-8H,3,9,17H2,1-2H3. The van der Waals surface area contributed by atoms with Crippen LogP contribution < -0.4 is 5.73 Å². The lowest BCUT2D eigenvalue weighted by Crippen LogP contribution is -2.07. The highest BCUT2D eigenvalue weighted by Gasteiger charge is 2.14. The van der Waals surface area contributed by atoms with Gasteiger partial charge in [0, 0.05) is 23.8 Å². The second-order valence-electron chi connectivity index (χ2n) is 4.89. The van der Waals surface area contributed by atoms with Gasteiger partial charge in [0.05, 0.1) is 28.5 Å². The number of hydrogen-bond acceptors (Lipinski definition) is 2. The predicted molar refractivity (Wildman–Crippen MR) is 83.1 cm³/mol. The molecule has 2 aromatic heterocycles. The second kappa shape index (κ2) is 4.87. The quantitative estimate of drug-likeness (QED) is 0.751. The van der Waals surface area contributed by atoms with Gasteiger partial charge >= 0.3 is 0 Å². The molecule has 0 amide bonds. The van der Waals surface area contributed by atoms with Crippen LogP contribution in [0.15, 0.2) is 30.5 Å². The zero-order valence-corrected chi connectivity index (χ0v) is 12.4. The van der Waals surface area contributed by atoms with E-state index >= 15 is 0 Å². The van der Waals surface area contributed by atoms with Crippen LogP contribution in [-0.4, -0.2) is 14.3 Å². The first kappa shape index (κ1) is 13.1. The van der Waals surface area contributed by atoms with E-state index in [4.69, 9.17) is 17.3 Å². The molecule has 0 aliphatic rings. The van der Waals surface area contributed by atoms with Gasteiger partial charge in [0.25, 0.3) is 0 Å². The third-order valence-electron chi connectivity index (χ3n) is 3.62. The summed E-state index contributed by atoms with van der Waals surface area (Å²) >= 11 is 6.37. The summed E-state index contributed by atoms with van der Waals surface area (Å²) in [7, 11) is 0. The van der Waals surface area contributed by atoms with Gasteiger partial charge in [0.15, 0.2) is 0 Å². The molecule has 0 radical (unpaired) electrons. The first-order valence-corrected chi connectivity index (χ1v) is 7.04. The van der Waals surface area contributed by atoms with Crippen LogP contribution in [0.2, 0.25) is 5.02 Å². The Bertz CT molecular complexity index is 770. The molecule has 104 valence electrons. The molecule has 0 saturated heterocycles. The van der Waals surface area contributed by atoms with Crippen LogP contribution in [0.3, 0.4) is 0 Å². The second-order valence-corrected chi connectivity index (χ2v) is 5.26. The summed E-state index contributed by atoms with van der Waals surface area (Å²) in [5.74, 6) is 0. The number of hydrogen-bond donors (Lipinski definition) is 1. The van der Waals surface area contributed by atoms with Gasteiger partial charge in [-0.25, -0.2) is 0 Å². The number of anilines is 1. The first-order valence-electron chi connectivity index (χ1n) is 6.67. The first-order chi connectivity index (χ1) is 9.61. The highest BCUT2D eigenvalue weighted by atomic mass is 35.5. The molecule has 0 fully saturated rings. The summed E-state index contributed by atoms with van der Waals surface area (Å²) in [6.07, 6.45) is 2.04. The van der Waals surface area contributed by atoms with Crippen molar-refractivity contribution in [3.8, 4) is 0 Å². The van der Waals surface area contributed by atoms with Crippen molar-refractivity contribution in [1.29, 1.82) is 0 Å². The van der Waals surface area contributed by atoms with E-state index in [2.05, 4.69) is 22.7 Å². The normalized spacial score (nSPS) is 11.3. The van der Waals surface area contributed by atoms with Crippen LogP contribution in [0, 0.1) is 6.92 Å². The Morgan fingerprint density at radius 2 is 2.10 bits per heavy atom. The minimum Gasteiger partial charge on any atom is -0.398 e. The molecule has 4 nitrogen and oxygen atoms in total. The average Bonchev–Trinajstić information content (AvgIpc) is 2.96. The fourth-order valence-electron chi connectivity index (χ4n) is 2.57. The van der Waals surface area contributed by atoms with Crippen molar-refractivity contribution in [2.24, 2.45) is 0 Å². The lowest BCUT2D eigenvalue weighted by Gasteiger charge is -2.08. The van der Waals surface area contributed by atoms with Gasteiger partial charge in [-0.05, 0) is 32.0 Å². The van der Waals surface area contributed by atoms with E-state index in [-0.39, 0.29) is 0 Å². The van der Waals surface area contributed by atoms with Gasteiger partial charge in [-0.15, -0.1) is 0 Å². The molecular weight excluding hydrogens is 272 g/mol. The molecule has 0 atom stereocenters. The van der Waals surface area contributed by atoms with Gasteiger partial charge in [-0.2, -0.15) is 5.10 Å². The smallest absolute Gasteiger partial charge is 0.0865 e. The van der Waals surface area contributed by atoms with Crippen molar-refractivity contribution in [1.82, 2.24) is 14.3 Å². The van der Waals surface area contributed by atoms with E-state index in [9.17, 15) is 0 Å². The maximum absolute atomic E-state index is 6.37. The van der Waals surface area contributed by atoms with E-state index in [1.165, 1.54) is 0 Å². The Balaban J connectivity index is 2.08. The third kappa shape index (κ3) is 1.96. The summed E-state index contributed by atoms with van der Waals surface area (Å²) in [6.45, 7) is 5.51. The number of nitrogens with zero attached hydrogens (tertiary/aromatic N) is 3. The molecular formula is C15H17ClN4. The molecule has 0 saturated carbocycles. The van der Waals surface area contributed by atoms with Crippen molar-refractivity contribution in [3.63, 3.8) is 0 Å². The van der Waals surface area contributed by atoms with Gasteiger partial charge in [-0.3, -0.25) is 4.68 Å². The SMILES string of the molecule is CCn1nc(C)c(Cl)c1Cn1ccc2c(N)cccc21. The minimum atomic E-state index is 0.695. The lowest BCUT2D eigenvalue weighted by atomic mass is 10.2. The number of fused-ring (bicyclic) bond motifs is 1. The fourth-order valence-corrected chi connectivity index (χ4v) is 2.76. The molecule has 1 aromatic carbocycles. The van der Waals surface area contributed by atoms with Crippen LogP contribution in [0.4, 0.5) is 5.69 Å². The largest absolute Gasteiger partial charge is 0.398 e. The minimum absolute atomic E-state index is 0.695. The van der Waals surface area contributed by atoms with Crippen molar-refractivity contribution in [2.75, 3.05) is 5.73 Å². The Labute approximate surface area is 122 Å². The molecule has 0 aliphatic carbocycles. The highest BCUT2D eigenvalue weighted by molar-refractivity contribution is 6.31. The number of nitrogens with two attached hydrogens (primary N) is 1. The van der Waals surface area contributed by atoms with Crippen molar-refractivity contribution in [3.05, 3.63) is 46.9 Å². The molecule has 2 heterocycles. The fraction of sp³-hybridized carbons (Fsp3) is 0.267. The monoisotopic (exact) mass is 288 g/mol. The molecule has 5 heteroatoms. The van der Waals surface area contributed by atoms with Crippen molar-refractivity contribution in [2.45, 2.75) is 26.9 Å². The molecule has 3 aromatic rings. The topological polar surface area (TPSA) is 48.8 Å². The number of rotatable bonds is 3. The van der Waals surface area contributed by atoms with Crippen LogP contribution in [-0.2, 0) is 13.1 Å². The van der Waals surface area contributed by atoms with E-state index in [1.807, 2.05) is 36.0 Å². The highest BCUT2D eigenvalue weighted by Crippen LogP contribution is 2.26. The molecule has 0 spiro atoms. The molecule has 3 rings (SSSR count). The van der Waals surface area contributed by atoms with E-state index in [0.29, 0.717) is 6.54 Å². The third-order valence-corrected chi connectivity index (χ3v) is 4.11. The Morgan fingerprint density at radius 1 is 1.30 bits per heavy atom. The summed E-state index contributed by atoms with van der Waals surface area (Å²) in [5, 5.41) is 6.27. The van der Waals surface area contributed by atoms with Crippen LogP contribution in [0.5, 0.6) is 0 Å². The maximum atomic E-state index is 6.37. The molecule has 0 unspecified atom stereocenters.